The number of phenols is 2. The van der Waals surface area contributed by atoms with E-state index in [1.54, 1.807) is 24.4 Å². The summed E-state index contributed by atoms with van der Waals surface area (Å²) in [4.78, 5) is 11.1. The molecule has 0 bridgehead atoms. The summed E-state index contributed by atoms with van der Waals surface area (Å²) in [6.45, 7) is 0.644. The third-order valence-corrected chi connectivity index (χ3v) is 2.84. The molecule has 0 unspecified atom stereocenters. The lowest BCUT2D eigenvalue weighted by Gasteiger charge is -2.02. The molecule has 6 heteroatoms. The maximum Gasteiger partial charge on any atom is 0.254 e. The van der Waals surface area contributed by atoms with Gasteiger partial charge in [0.25, 0.3) is 5.91 Å². The van der Waals surface area contributed by atoms with E-state index >= 15 is 0 Å². The molecule has 1 heterocycles. The van der Waals surface area contributed by atoms with Crippen molar-refractivity contribution in [1.29, 1.82) is 0 Å². The Morgan fingerprint density at radius 2 is 1.95 bits per heavy atom. The normalized spacial score (nSPS) is 9.80. The summed E-state index contributed by atoms with van der Waals surface area (Å²) in [5.41, 5.74) is 6.56. The predicted octanol–water partition coefficient (Wildman–Crippen LogP) is -2.27. The molecular weight excluding hydrogens is 280 g/mol. The van der Waals surface area contributed by atoms with Crippen LogP contribution in [0.3, 0.4) is 0 Å². The van der Waals surface area contributed by atoms with Gasteiger partial charge in [0.15, 0.2) is 30.4 Å². The third-order valence-electron chi connectivity index (χ3n) is 2.84. The minimum atomic E-state index is -0.461. The fraction of sp³-hybridized carbons (Fsp3) is 0.143. The maximum atomic E-state index is 11.1. The fourth-order valence-electron chi connectivity index (χ4n) is 1.79. The molecule has 0 aliphatic rings. The molecule has 4 N–H and O–H groups in total. The van der Waals surface area contributed by atoms with Crippen LogP contribution in [0.2, 0.25) is 0 Å². The van der Waals surface area contributed by atoms with Crippen LogP contribution >= 0.6 is 0 Å². The third kappa shape index (κ3) is 3.86. The van der Waals surface area contributed by atoms with Crippen LogP contribution in [0.15, 0.2) is 42.7 Å². The van der Waals surface area contributed by atoms with Crippen molar-refractivity contribution in [2.45, 2.75) is 13.0 Å². The van der Waals surface area contributed by atoms with Gasteiger partial charge in [-0.2, -0.15) is 0 Å². The number of benzene rings is 1. The minimum Gasteiger partial charge on any atom is -1.00 e. The highest BCUT2D eigenvalue weighted by Gasteiger charge is 2.08. The van der Waals surface area contributed by atoms with E-state index in [1.807, 2.05) is 10.8 Å². The second-order valence-electron chi connectivity index (χ2n) is 4.27. The van der Waals surface area contributed by atoms with E-state index in [0.717, 1.165) is 5.56 Å². The molecule has 0 saturated heterocycles. The van der Waals surface area contributed by atoms with Gasteiger partial charge in [-0.3, -0.25) is 4.79 Å². The van der Waals surface area contributed by atoms with Gasteiger partial charge >= 0.3 is 0 Å². The number of aromatic hydroxyl groups is 2. The van der Waals surface area contributed by atoms with Crippen molar-refractivity contribution in [3.05, 3.63) is 53.9 Å². The molecule has 106 valence electrons. The van der Waals surface area contributed by atoms with Gasteiger partial charge in [-0.15, -0.1) is 0 Å². The van der Waals surface area contributed by atoms with Crippen molar-refractivity contribution in [3.63, 3.8) is 0 Å². The van der Waals surface area contributed by atoms with Gasteiger partial charge in [-0.1, -0.05) is 6.07 Å². The highest BCUT2D eigenvalue weighted by atomic mass is 35.5. The van der Waals surface area contributed by atoms with Crippen LogP contribution in [0.4, 0.5) is 0 Å². The number of carbonyl (C=O) groups excluding carboxylic acids is 1. The Balaban J connectivity index is 0.00000200. The van der Waals surface area contributed by atoms with Gasteiger partial charge in [-0.25, -0.2) is 4.57 Å². The molecule has 1 aromatic carbocycles. The van der Waals surface area contributed by atoms with Crippen LogP contribution in [-0.2, 0) is 13.0 Å². The second kappa shape index (κ2) is 6.77. The lowest BCUT2D eigenvalue weighted by atomic mass is 10.1. The smallest absolute Gasteiger partial charge is 0.254 e. The highest BCUT2D eigenvalue weighted by molar-refractivity contribution is 5.92. The number of aromatic nitrogens is 1. The molecule has 0 spiro atoms. The van der Waals surface area contributed by atoms with Crippen molar-refractivity contribution in [3.8, 4) is 11.5 Å². The summed E-state index contributed by atoms with van der Waals surface area (Å²) in [7, 11) is 0. The number of phenolic OH excluding ortho intramolecular Hbond substituents is 2. The van der Waals surface area contributed by atoms with Crippen LogP contribution in [0.1, 0.15) is 15.9 Å². The average Bonchev–Trinajstić information content (AvgIpc) is 2.40. The molecule has 0 aliphatic carbocycles. The maximum absolute atomic E-state index is 11.1. The van der Waals surface area contributed by atoms with Crippen molar-refractivity contribution in [1.82, 2.24) is 0 Å². The lowest BCUT2D eigenvalue weighted by Crippen LogP contribution is -3.00. The molecule has 1 amide bonds. The number of nitrogens with two attached hydrogens (primary N) is 1. The summed E-state index contributed by atoms with van der Waals surface area (Å²) in [5, 5.41) is 18.6. The van der Waals surface area contributed by atoms with Crippen LogP contribution in [0, 0.1) is 0 Å². The van der Waals surface area contributed by atoms with E-state index in [2.05, 4.69) is 0 Å². The van der Waals surface area contributed by atoms with Crippen molar-refractivity contribution in [2.24, 2.45) is 5.73 Å². The van der Waals surface area contributed by atoms with Gasteiger partial charge in [0.05, 0.1) is 0 Å². The number of amides is 1. The lowest BCUT2D eigenvalue weighted by molar-refractivity contribution is -0.696. The van der Waals surface area contributed by atoms with E-state index in [4.69, 9.17) is 5.73 Å². The van der Waals surface area contributed by atoms with E-state index in [-0.39, 0.29) is 23.9 Å². The largest absolute Gasteiger partial charge is 1.00 e. The molecule has 2 aromatic rings. The zero-order valence-corrected chi connectivity index (χ0v) is 11.4. The molecule has 0 aliphatic heterocycles. The number of hydrogen-bond donors (Lipinski definition) is 3. The summed E-state index contributed by atoms with van der Waals surface area (Å²) in [6, 6.07) is 8.14. The van der Waals surface area contributed by atoms with E-state index in [0.29, 0.717) is 18.5 Å². The Labute approximate surface area is 122 Å². The number of nitrogens with zero attached hydrogens (tertiary/aromatic N) is 1. The quantitative estimate of drug-likeness (QED) is 0.439. The van der Waals surface area contributed by atoms with E-state index in [1.165, 1.54) is 12.1 Å². The Morgan fingerprint density at radius 1 is 1.20 bits per heavy atom. The topological polar surface area (TPSA) is 87.4 Å². The van der Waals surface area contributed by atoms with Gasteiger partial charge < -0.3 is 28.4 Å². The zero-order valence-electron chi connectivity index (χ0n) is 10.7. The Morgan fingerprint density at radius 3 is 2.60 bits per heavy atom. The SMILES string of the molecule is NC(=O)c1ccc[n+](CCc2ccc(O)c(O)c2)c1.[Cl-]. The van der Waals surface area contributed by atoms with Crippen molar-refractivity contribution < 1.29 is 32.0 Å². The fourth-order valence-corrected chi connectivity index (χ4v) is 1.79. The number of rotatable bonds is 4. The molecule has 20 heavy (non-hydrogen) atoms. The summed E-state index contributed by atoms with van der Waals surface area (Å²) in [6.07, 6.45) is 4.19. The van der Waals surface area contributed by atoms with Crippen LogP contribution in [0.25, 0.3) is 0 Å². The number of hydrogen-bond acceptors (Lipinski definition) is 3. The molecule has 0 atom stereocenters. The van der Waals surface area contributed by atoms with Gasteiger partial charge in [0.2, 0.25) is 0 Å². The van der Waals surface area contributed by atoms with E-state index in [9.17, 15) is 15.0 Å². The number of primary amides is 1. The number of pyridine rings is 1. The standard InChI is InChI=1S/C14H14N2O3.ClH/c15-14(19)11-2-1-6-16(9-11)7-5-10-3-4-12(17)13(18)8-10;/h1-4,6,8-9H,5,7H2,(H3-,15,17,18,19);1H. The van der Waals surface area contributed by atoms with Gasteiger partial charge in [-0.05, 0) is 23.8 Å². The monoisotopic (exact) mass is 294 g/mol. The number of halogens is 1. The Hall–Kier alpha value is -2.27. The summed E-state index contributed by atoms with van der Waals surface area (Å²) in [5.74, 6) is -0.725. The molecule has 0 saturated carbocycles. The molecular formula is C14H15ClN2O3. The minimum absolute atomic E-state index is 0. The molecule has 5 nitrogen and oxygen atoms in total. The van der Waals surface area contributed by atoms with Gasteiger partial charge in [0, 0.05) is 12.5 Å². The van der Waals surface area contributed by atoms with Crippen LogP contribution in [-0.4, -0.2) is 16.1 Å². The highest BCUT2D eigenvalue weighted by Crippen LogP contribution is 2.24. The molecule has 1 aromatic heterocycles. The van der Waals surface area contributed by atoms with Crippen LogP contribution < -0.4 is 22.7 Å². The van der Waals surface area contributed by atoms with E-state index < -0.39 is 5.91 Å². The number of carbonyl (C=O) groups is 1. The first-order chi connectivity index (χ1) is 9.06. The predicted molar refractivity (Wildman–Crippen MR) is 68.6 cm³/mol. The summed E-state index contributed by atoms with van der Waals surface area (Å²) < 4.78 is 1.85. The first-order valence-corrected chi connectivity index (χ1v) is 5.86. The molecule has 0 fully saturated rings. The first-order valence-electron chi connectivity index (χ1n) is 5.86. The molecule has 2 rings (SSSR count). The van der Waals surface area contributed by atoms with Crippen molar-refractivity contribution >= 4 is 5.91 Å². The van der Waals surface area contributed by atoms with Crippen molar-refractivity contribution in [2.75, 3.05) is 0 Å². The second-order valence-corrected chi connectivity index (χ2v) is 4.27. The Kier molecular flexibility index (Phi) is 5.34. The zero-order chi connectivity index (χ0) is 13.8. The summed E-state index contributed by atoms with van der Waals surface area (Å²) >= 11 is 0. The number of aryl methyl sites for hydroxylation is 2. The van der Waals surface area contributed by atoms with Gasteiger partial charge in [0.1, 0.15) is 5.56 Å². The Bertz CT molecular complexity index is 617. The average molecular weight is 295 g/mol. The first kappa shape index (κ1) is 15.8. The van der Waals surface area contributed by atoms with Crippen LogP contribution in [0.5, 0.6) is 11.5 Å². The molecule has 0 radical (unpaired) electrons.